The van der Waals surface area contributed by atoms with Gasteiger partial charge in [0.1, 0.15) is 5.60 Å². The van der Waals surface area contributed by atoms with Crippen molar-refractivity contribution in [2.45, 2.75) is 19.4 Å². The largest absolute Gasteiger partial charge is 0.382 e. The lowest BCUT2D eigenvalue weighted by molar-refractivity contribution is -0.00878. The average molecular weight is 180 g/mol. The van der Waals surface area contributed by atoms with E-state index in [1.165, 1.54) is 0 Å². The van der Waals surface area contributed by atoms with Crippen LogP contribution in [0.2, 0.25) is 0 Å². The molecule has 0 unspecified atom stereocenters. The Morgan fingerprint density at radius 3 is 2.46 bits per heavy atom. The Morgan fingerprint density at radius 2 is 1.92 bits per heavy atom. The van der Waals surface area contributed by atoms with Gasteiger partial charge in [-0.15, -0.1) is 0 Å². The van der Waals surface area contributed by atoms with Crippen LogP contribution in [0.5, 0.6) is 0 Å². The monoisotopic (exact) mass is 180 g/mol. The predicted octanol–water partition coefficient (Wildman–Crippen LogP) is 1.77. The quantitative estimate of drug-likeness (QED) is 0.694. The van der Waals surface area contributed by atoms with Gasteiger partial charge in [-0.25, -0.2) is 5.90 Å². The fourth-order valence-electron chi connectivity index (χ4n) is 0.913. The Hall–Kier alpha value is -1.06. The number of hydrogen-bond donors (Lipinski definition) is 2. The lowest BCUT2D eigenvalue weighted by atomic mass is 10.1. The Balaban J connectivity index is 2.44. The van der Waals surface area contributed by atoms with Gasteiger partial charge >= 0.3 is 0 Å². The van der Waals surface area contributed by atoms with Crippen molar-refractivity contribution in [1.82, 2.24) is 0 Å². The highest BCUT2D eigenvalue weighted by Gasteiger charge is 2.16. The summed E-state index contributed by atoms with van der Waals surface area (Å²) in [4.78, 5) is 4.80. The van der Waals surface area contributed by atoms with Crippen molar-refractivity contribution in [3.63, 3.8) is 0 Å². The molecule has 0 heterocycles. The van der Waals surface area contributed by atoms with Gasteiger partial charge in [-0.2, -0.15) is 0 Å². The van der Waals surface area contributed by atoms with E-state index in [9.17, 15) is 0 Å². The SMILES string of the molecule is CC(C)(CNc1ccccc1)ON. The number of nitrogens with one attached hydrogen (secondary N) is 1. The lowest BCUT2D eigenvalue weighted by Crippen LogP contribution is -2.35. The van der Waals surface area contributed by atoms with Crippen LogP contribution in [-0.4, -0.2) is 12.1 Å². The maximum absolute atomic E-state index is 5.13. The second-order valence-electron chi connectivity index (χ2n) is 3.60. The van der Waals surface area contributed by atoms with E-state index in [1.54, 1.807) is 0 Å². The first kappa shape index (κ1) is 10.0. The summed E-state index contributed by atoms with van der Waals surface area (Å²) in [7, 11) is 0. The maximum atomic E-state index is 5.13. The number of benzene rings is 1. The third-order valence-electron chi connectivity index (χ3n) is 1.81. The summed E-state index contributed by atoms with van der Waals surface area (Å²) in [6.07, 6.45) is 0. The number of nitrogens with two attached hydrogens (primary N) is 1. The number of anilines is 1. The molecule has 0 bridgehead atoms. The molecule has 0 aliphatic rings. The van der Waals surface area contributed by atoms with Gasteiger partial charge < -0.3 is 5.32 Å². The summed E-state index contributed by atoms with van der Waals surface area (Å²) in [6.45, 7) is 4.55. The van der Waals surface area contributed by atoms with E-state index >= 15 is 0 Å². The van der Waals surface area contributed by atoms with Crippen LogP contribution in [-0.2, 0) is 4.84 Å². The highest BCUT2D eigenvalue weighted by Crippen LogP contribution is 2.10. The molecule has 0 fully saturated rings. The van der Waals surface area contributed by atoms with Crippen molar-refractivity contribution in [3.8, 4) is 0 Å². The predicted molar refractivity (Wildman–Crippen MR) is 54.3 cm³/mol. The molecule has 0 aliphatic heterocycles. The van der Waals surface area contributed by atoms with Crippen molar-refractivity contribution >= 4 is 5.69 Å². The zero-order valence-electron chi connectivity index (χ0n) is 8.08. The van der Waals surface area contributed by atoms with Gasteiger partial charge in [0.2, 0.25) is 0 Å². The molecule has 3 heteroatoms. The molecule has 0 aliphatic carbocycles. The van der Waals surface area contributed by atoms with Crippen molar-refractivity contribution < 1.29 is 4.84 Å². The Kier molecular flexibility index (Phi) is 3.28. The van der Waals surface area contributed by atoms with Crippen molar-refractivity contribution in [1.29, 1.82) is 0 Å². The van der Waals surface area contributed by atoms with Gasteiger partial charge in [-0.1, -0.05) is 18.2 Å². The maximum Gasteiger partial charge on any atom is 0.101 e. The van der Waals surface area contributed by atoms with E-state index < -0.39 is 0 Å². The second-order valence-corrected chi connectivity index (χ2v) is 3.60. The molecule has 0 radical (unpaired) electrons. The molecule has 0 saturated heterocycles. The van der Waals surface area contributed by atoms with Crippen molar-refractivity contribution in [3.05, 3.63) is 30.3 Å². The molecule has 0 atom stereocenters. The van der Waals surface area contributed by atoms with E-state index in [4.69, 9.17) is 10.7 Å². The number of para-hydroxylation sites is 1. The van der Waals surface area contributed by atoms with Crippen molar-refractivity contribution in [2.75, 3.05) is 11.9 Å². The van der Waals surface area contributed by atoms with E-state index in [0.29, 0.717) is 6.54 Å². The molecule has 0 saturated carbocycles. The molecule has 0 amide bonds. The Labute approximate surface area is 78.8 Å². The zero-order valence-corrected chi connectivity index (χ0v) is 8.08. The molecular weight excluding hydrogens is 164 g/mol. The second kappa shape index (κ2) is 4.25. The first-order chi connectivity index (χ1) is 6.14. The molecule has 1 aromatic carbocycles. The summed E-state index contributed by atoms with van der Waals surface area (Å²) >= 11 is 0. The minimum atomic E-state index is -0.337. The van der Waals surface area contributed by atoms with E-state index in [-0.39, 0.29) is 5.60 Å². The van der Waals surface area contributed by atoms with E-state index in [1.807, 2.05) is 44.2 Å². The number of rotatable bonds is 4. The molecule has 1 aromatic rings. The average Bonchev–Trinajstić information content (AvgIpc) is 2.17. The first-order valence-corrected chi connectivity index (χ1v) is 4.31. The minimum Gasteiger partial charge on any atom is -0.382 e. The standard InChI is InChI=1S/C10H16N2O/c1-10(2,13-11)8-12-9-6-4-3-5-7-9/h3-7,12H,8,11H2,1-2H3. The molecule has 3 N–H and O–H groups in total. The van der Waals surface area contributed by atoms with E-state index in [0.717, 1.165) is 5.69 Å². The van der Waals surface area contributed by atoms with Gasteiger partial charge in [-0.3, -0.25) is 4.84 Å². The summed E-state index contributed by atoms with van der Waals surface area (Å²) in [6, 6.07) is 9.96. The van der Waals surface area contributed by atoms with Gasteiger partial charge in [0.15, 0.2) is 0 Å². The molecular formula is C10H16N2O. The van der Waals surface area contributed by atoms with Crippen LogP contribution in [0.15, 0.2) is 30.3 Å². The van der Waals surface area contributed by atoms with Crippen LogP contribution in [0.4, 0.5) is 5.69 Å². The minimum absolute atomic E-state index is 0.337. The highest BCUT2D eigenvalue weighted by molar-refractivity contribution is 5.42. The molecule has 0 aromatic heterocycles. The fraction of sp³-hybridized carbons (Fsp3) is 0.400. The molecule has 72 valence electrons. The Bertz CT molecular complexity index is 246. The van der Waals surface area contributed by atoms with Crippen molar-refractivity contribution in [2.24, 2.45) is 5.90 Å². The summed E-state index contributed by atoms with van der Waals surface area (Å²) < 4.78 is 0. The lowest BCUT2D eigenvalue weighted by Gasteiger charge is -2.22. The smallest absolute Gasteiger partial charge is 0.101 e. The summed E-state index contributed by atoms with van der Waals surface area (Å²) in [5.41, 5.74) is 0.739. The van der Waals surface area contributed by atoms with Gasteiger partial charge in [0.25, 0.3) is 0 Å². The van der Waals surface area contributed by atoms with Gasteiger partial charge in [-0.05, 0) is 26.0 Å². The third kappa shape index (κ3) is 3.44. The molecule has 0 spiro atoms. The molecule has 13 heavy (non-hydrogen) atoms. The molecule has 1 rings (SSSR count). The van der Waals surface area contributed by atoms with Crippen LogP contribution in [0, 0.1) is 0 Å². The van der Waals surface area contributed by atoms with Crippen LogP contribution in [0.25, 0.3) is 0 Å². The summed E-state index contributed by atoms with van der Waals surface area (Å²) in [5, 5.41) is 3.23. The van der Waals surface area contributed by atoms with Crippen LogP contribution in [0.1, 0.15) is 13.8 Å². The third-order valence-corrected chi connectivity index (χ3v) is 1.81. The summed E-state index contributed by atoms with van der Waals surface area (Å²) in [5.74, 6) is 5.13. The molecule has 3 nitrogen and oxygen atoms in total. The normalized spacial score (nSPS) is 11.3. The number of hydrogen-bond acceptors (Lipinski definition) is 3. The zero-order chi connectivity index (χ0) is 9.73. The van der Waals surface area contributed by atoms with Crippen LogP contribution in [0.3, 0.4) is 0 Å². The Morgan fingerprint density at radius 1 is 1.31 bits per heavy atom. The highest BCUT2D eigenvalue weighted by atomic mass is 16.6. The fourth-order valence-corrected chi connectivity index (χ4v) is 0.913. The van der Waals surface area contributed by atoms with E-state index in [2.05, 4.69) is 5.32 Å². The van der Waals surface area contributed by atoms with Crippen LogP contribution < -0.4 is 11.2 Å². The van der Waals surface area contributed by atoms with Crippen LogP contribution >= 0.6 is 0 Å². The van der Waals surface area contributed by atoms with Gasteiger partial charge in [0, 0.05) is 12.2 Å². The topological polar surface area (TPSA) is 47.3 Å². The van der Waals surface area contributed by atoms with Gasteiger partial charge in [0.05, 0.1) is 0 Å². The first-order valence-electron chi connectivity index (χ1n) is 4.31.